The topological polar surface area (TPSA) is 59.8 Å². The van der Waals surface area contributed by atoms with E-state index >= 15 is 0 Å². The first-order chi connectivity index (χ1) is 8.59. The lowest BCUT2D eigenvalue weighted by Gasteiger charge is -2.11. The number of ketones is 1. The van der Waals surface area contributed by atoms with Crippen molar-refractivity contribution in [2.24, 2.45) is 7.05 Å². The maximum Gasteiger partial charge on any atom is 0.162 e. The lowest BCUT2D eigenvalue weighted by Crippen LogP contribution is -2.10. The predicted octanol–water partition coefficient (Wildman–Crippen LogP) is 1.94. The van der Waals surface area contributed by atoms with E-state index in [2.05, 4.69) is 15.4 Å². The molecule has 0 aliphatic heterocycles. The van der Waals surface area contributed by atoms with Crippen LogP contribution in [-0.2, 0) is 13.6 Å². The number of hydrogen-bond donors (Lipinski definition) is 1. The summed E-state index contributed by atoms with van der Waals surface area (Å²) >= 11 is 0. The fourth-order valence-electron chi connectivity index (χ4n) is 1.94. The van der Waals surface area contributed by atoms with Gasteiger partial charge in [0.15, 0.2) is 5.78 Å². The first kappa shape index (κ1) is 12.3. The van der Waals surface area contributed by atoms with Gasteiger partial charge in [-0.1, -0.05) is 12.1 Å². The molecule has 0 amide bonds. The largest absolute Gasteiger partial charge is 0.377 e. The third-order valence-electron chi connectivity index (χ3n) is 2.87. The second-order valence-corrected chi connectivity index (χ2v) is 4.21. The molecular formula is C13H16N4O. The van der Waals surface area contributed by atoms with Crippen LogP contribution in [0.15, 0.2) is 24.5 Å². The molecule has 0 radical (unpaired) electrons. The number of anilines is 1. The van der Waals surface area contributed by atoms with Crippen LogP contribution in [-0.4, -0.2) is 20.5 Å². The highest BCUT2D eigenvalue weighted by Gasteiger charge is 2.10. The fraction of sp³-hybridized carbons (Fsp3) is 0.308. The molecule has 1 N–H and O–H groups in total. The third kappa shape index (κ3) is 2.40. The Morgan fingerprint density at radius 1 is 1.44 bits per heavy atom. The zero-order valence-electron chi connectivity index (χ0n) is 10.8. The Balaban J connectivity index is 2.22. The molecule has 1 aromatic heterocycles. The molecule has 0 aliphatic rings. The molecule has 0 saturated heterocycles. The van der Waals surface area contributed by atoms with Gasteiger partial charge in [-0.3, -0.25) is 9.48 Å². The van der Waals surface area contributed by atoms with Crippen molar-refractivity contribution in [2.75, 3.05) is 5.32 Å². The summed E-state index contributed by atoms with van der Waals surface area (Å²) in [6, 6.07) is 5.77. The average Bonchev–Trinajstić information content (AvgIpc) is 2.71. The third-order valence-corrected chi connectivity index (χ3v) is 2.87. The van der Waals surface area contributed by atoms with E-state index in [0.717, 1.165) is 22.6 Å². The Labute approximate surface area is 106 Å². The number of rotatable bonds is 4. The molecular weight excluding hydrogens is 228 g/mol. The van der Waals surface area contributed by atoms with Gasteiger partial charge in [-0.15, -0.1) is 0 Å². The van der Waals surface area contributed by atoms with Crippen LogP contribution < -0.4 is 5.32 Å². The number of nitrogens with zero attached hydrogens (tertiary/aromatic N) is 3. The molecule has 0 unspecified atom stereocenters. The van der Waals surface area contributed by atoms with Crippen molar-refractivity contribution < 1.29 is 4.79 Å². The lowest BCUT2D eigenvalue weighted by molar-refractivity contribution is 0.101. The molecule has 1 aromatic carbocycles. The quantitative estimate of drug-likeness (QED) is 0.835. The van der Waals surface area contributed by atoms with Crippen LogP contribution in [0.5, 0.6) is 0 Å². The normalized spacial score (nSPS) is 10.4. The van der Waals surface area contributed by atoms with Gasteiger partial charge in [-0.2, -0.15) is 5.10 Å². The smallest absolute Gasteiger partial charge is 0.162 e. The van der Waals surface area contributed by atoms with Gasteiger partial charge in [0, 0.05) is 18.3 Å². The van der Waals surface area contributed by atoms with Gasteiger partial charge in [-0.25, -0.2) is 4.98 Å². The highest BCUT2D eigenvalue weighted by atomic mass is 16.1. The average molecular weight is 244 g/mol. The predicted molar refractivity (Wildman–Crippen MR) is 69.5 cm³/mol. The van der Waals surface area contributed by atoms with Crippen LogP contribution in [0.1, 0.15) is 28.7 Å². The van der Waals surface area contributed by atoms with Crippen molar-refractivity contribution in [1.82, 2.24) is 14.8 Å². The molecule has 2 aromatic rings. The number of aryl methyl sites for hydroxylation is 2. The molecule has 5 nitrogen and oxygen atoms in total. The van der Waals surface area contributed by atoms with Crippen LogP contribution in [0.25, 0.3) is 0 Å². The SMILES string of the molecule is CC(=O)c1c(C)cccc1NCc1ncnn1C. The molecule has 94 valence electrons. The first-order valence-electron chi connectivity index (χ1n) is 5.77. The summed E-state index contributed by atoms with van der Waals surface area (Å²) in [6.07, 6.45) is 1.51. The second kappa shape index (κ2) is 5.00. The van der Waals surface area contributed by atoms with Crippen molar-refractivity contribution in [3.05, 3.63) is 41.5 Å². The fourth-order valence-corrected chi connectivity index (χ4v) is 1.94. The zero-order chi connectivity index (χ0) is 13.1. The molecule has 0 bridgehead atoms. The highest BCUT2D eigenvalue weighted by Crippen LogP contribution is 2.20. The number of benzene rings is 1. The first-order valence-corrected chi connectivity index (χ1v) is 5.77. The Bertz CT molecular complexity index is 574. The minimum absolute atomic E-state index is 0.0635. The van der Waals surface area contributed by atoms with E-state index in [1.807, 2.05) is 32.2 Å². The highest BCUT2D eigenvalue weighted by molar-refractivity contribution is 6.00. The van der Waals surface area contributed by atoms with Gasteiger partial charge in [0.25, 0.3) is 0 Å². The second-order valence-electron chi connectivity index (χ2n) is 4.21. The monoisotopic (exact) mass is 244 g/mol. The van der Waals surface area contributed by atoms with E-state index in [4.69, 9.17) is 0 Å². The number of carbonyl (C=O) groups excluding carboxylic acids is 1. The van der Waals surface area contributed by atoms with Crippen LogP contribution in [0.4, 0.5) is 5.69 Å². The van der Waals surface area contributed by atoms with Crippen molar-refractivity contribution >= 4 is 11.5 Å². The summed E-state index contributed by atoms with van der Waals surface area (Å²) in [5, 5.41) is 7.24. The maximum atomic E-state index is 11.6. The van der Waals surface area contributed by atoms with Crippen LogP contribution >= 0.6 is 0 Å². The van der Waals surface area contributed by atoms with E-state index in [9.17, 15) is 4.79 Å². The standard InChI is InChI=1S/C13H16N4O/c1-9-5-4-6-11(13(9)10(2)18)14-7-12-15-8-16-17(12)3/h4-6,8,14H,7H2,1-3H3. The van der Waals surface area contributed by atoms with Crippen molar-refractivity contribution in [3.63, 3.8) is 0 Å². The van der Waals surface area contributed by atoms with Crippen LogP contribution in [0, 0.1) is 6.92 Å². The summed E-state index contributed by atoms with van der Waals surface area (Å²) in [4.78, 5) is 15.8. The molecule has 2 rings (SSSR count). The maximum absolute atomic E-state index is 11.6. The molecule has 0 fully saturated rings. The molecule has 1 heterocycles. The molecule has 0 atom stereocenters. The Morgan fingerprint density at radius 3 is 2.83 bits per heavy atom. The van der Waals surface area contributed by atoms with E-state index in [1.54, 1.807) is 11.6 Å². The van der Waals surface area contributed by atoms with Gasteiger partial charge in [0.1, 0.15) is 12.2 Å². The molecule has 5 heteroatoms. The summed E-state index contributed by atoms with van der Waals surface area (Å²) in [7, 11) is 1.84. The van der Waals surface area contributed by atoms with Gasteiger partial charge in [0.05, 0.1) is 6.54 Å². The Hall–Kier alpha value is -2.17. The van der Waals surface area contributed by atoms with Gasteiger partial charge in [0.2, 0.25) is 0 Å². The molecule has 0 spiro atoms. The van der Waals surface area contributed by atoms with Gasteiger partial charge < -0.3 is 5.32 Å². The molecule has 0 saturated carbocycles. The summed E-state index contributed by atoms with van der Waals surface area (Å²) in [6.45, 7) is 4.06. The van der Waals surface area contributed by atoms with E-state index in [-0.39, 0.29) is 5.78 Å². The van der Waals surface area contributed by atoms with Crippen LogP contribution in [0.3, 0.4) is 0 Å². The number of Topliss-reactive ketones (excluding diaryl/α,β-unsaturated/α-hetero) is 1. The van der Waals surface area contributed by atoms with Gasteiger partial charge in [-0.05, 0) is 25.5 Å². The minimum atomic E-state index is 0.0635. The van der Waals surface area contributed by atoms with Crippen molar-refractivity contribution in [2.45, 2.75) is 20.4 Å². The van der Waals surface area contributed by atoms with E-state index in [0.29, 0.717) is 6.54 Å². The number of hydrogen-bond acceptors (Lipinski definition) is 4. The zero-order valence-corrected chi connectivity index (χ0v) is 10.8. The van der Waals surface area contributed by atoms with Crippen molar-refractivity contribution in [3.8, 4) is 0 Å². The molecule has 0 aliphatic carbocycles. The number of nitrogens with one attached hydrogen (secondary N) is 1. The Kier molecular flexibility index (Phi) is 3.41. The van der Waals surface area contributed by atoms with E-state index < -0.39 is 0 Å². The number of aromatic nitrogens is 3. The Morgan fingerprint density at radius 2 is 2.22 bits per heavy atom. The van der Waals surface area contributed by atoms with E-state index in [1.165, 1.54) is 6.33 Å². The van der Waals surface area contributed by atoms with Crippen molar-refractivity contribution in [1.29, 1.82) is 0 Å². The van der Waals surface area contributed by atoms with Crippen LogP contribution in [0.2, 0.25) is 0 Å². The summed E-state index contributed by atoms with van der Waals surface area (Å²) in [5.41, 5.74) is 2.55. The van der Waals surface area contributed by atoms with Gasteiger partial charge >= 0.3 is 0 Å². The summed E-state index contributed by atoms with van der Waals surface area (Å²) < 4.78 is 1.70. The number of carbonyl (C=O) groups is 1. The molecule has 18 heavy (non-hydrogen) atoms. The minimum Gasteiger partial charge on any atom is -0.377 e. The summed E-state index contributed by atoms with van der Waals surface area (Å²) in [5.74, 6) is 0.888. The lowest BCUT2D eigenvalue weighted by atomic mass is 10.0.